The highest BCUT2D eigenvalue weighted by atomic mass is 16.6. The first-order chi connectivity index (χ1) is 8.39. The van der Waals surface area contributed by atoms with Crippen molar-refractivity contribution in [3.63, 3.8) is 0 Å². The molecular weight excluding hydrogens is 226 g/mol. The van der Waals surface area contributed by atoms with Gasteiger partial charge in [-0.2, -0.15) is 0 Å². The first-order valence-electron chi connectivity index (χ1n) is 7.37. The zero-order valence-corrected chi connectivity index (χ0v) is 12.2. The van der Waals surface area contributed by atoms with Gasteiger partial charge in [0, 0.05) is 13.1 Å². The number of nitrogens with zero attached hydrogens (tertiary/aromatic N) is 1. The summed E-state index contributed by atoms with van der Waals surface area (Å²) in [5.41, 5.74) is -0.375. The lowest BCUT2D eigenvalue weighted by Gasteiger charge is -2.25. The van der Waals surface area contributed by atoms with Crippen LogP contribution in [0.15, 0.2) is 0 Å². The molecule has 1 amide bonds. The SMILES string of the molecule is CCC[C@@H]1C[C@@H]2CN(C(=O)OC(C)(C)C)C[C@@H]2C1. The highest BCUT2D eigenvalue weighted by molar-refractivity contribution is 5.68. The second-order valence-electron chi connectivity index (χ2n) is 7.03. The van der Waals surface area contributed by atoms with E-state index in [0.717, 1.165) is 30.8 Å². The maximum atomic E-state index is 12.0. The Balaban J connectivity index is 1.83. The van der Waals surface area contributed by atoms with Crippen LogP contribution in [0.1, 0.15) is 53.4 Å². The summed E-state index contributed by atoms with van der Waals surface area (Å²) >= 11 is 0. The van der Waals surface area contributed by atoms with Gasteiger partial charge in [-0.05, 0) is 51.4 Å². The van der Waals surface area contributed by atoms with Crippen molar-refractivity contribution in [3.05, 3.63) is 0 Å². The zero-order chi connectivity index (χ0) is 13.3. The molecule has 0 aromatic rings. The Morgan fingerprint density at radius 1 is 1.22 bits per heavy atom. The lowest BCUT2D eigenvalue weighted by molar-refractivity contribution is 0.0277. The van der Waals surface area contributed by atoms with E-state index in [1.807, 2.05) is 25.7 Å². The number of likely N-dealkylation sites (tertiary alicyclic amines) is 1. The van der Waals surface area contributed by atoms with Crippen molar-refractivity contribution in [2.45, 2.75) is 59.0 Å². The monoisotopic (exact) mass is 253 g/mol. The van der Waals surface area contributed by atoms with Gasteiger partial charge in [-0.15, -0.1) is 0 Å². The molecule has 1 heterocycles. The molecule has 1 aliphatic heterocycles. The van der Waals surface area contributed by atoms with Gasteiger partial charge in [-0.25, -0.2) is 4.79 Å². The van der Waals surface area contributed by atoms with Gasteiger partial charge in [0.2, 0.25) is 0 Å². The lowest BCUT2D eigenvalue weighted by atomic mass is 10.0. The van der Waals surface area contributed by atoms with Gasteiger partial charge < -0.3 is 9.64 Å². The number of fused-ring (bicyclic) bond motifs is 1. The quantitative estimate of drug-likeness (QED) is 0.751. The highest BCUT2D eigenvalue weighted by Crippen LogP contribution is 2.43. The molecule has 1 aliphatic carbocycles. The minimum atomic E-state index is -0.375. The summed E-state index contributed by atoms with van der Waals surface area (Å²) in [6.45, 7) is 9.89. The normalized spacial score (nSPS) is 31.6. The van der Waals surface area contributed by atoms with Crippen molar-refractivity contribution >= 4 is 6.09 Å². The second-order valence-corrected chi connectivity index (χ2v) is 7.03. The number of hydrogen-bond donors (Lipinski definition) is 0. The first kappa shape index (κ1) is 13.7. The molecule has 0 spiro atoms. The predicted octanol–water partition coefficient (Wildman–Crippen LogP) is 3.68. The lowest BCUT2D eigenvalue weighted by Crippen LogP contribution is -2.36. The Labute approximate surface area is 111 Å². The molecule has 1 saturated carbocycles. The Bertz CT molecular complexity index is 294. The summed E-state index contributed by atoms with van der Waals surface area (Å²) in [4.78, 5) is 13.9. The largest absolute Gasteiger partial charge is 0.444 e. The summed E-state index contributed by atoms with van der Waals surface area (Å²) in [6, 6.07) is 0. The summed E-state index contributed by atoms with van der Waals surface area (Å²) in [6.07, 6.45) is 5.17. The maximum absolute atomic E-state index is 12.0. The molecule has 104 valence electrons. The first-order valence-corrected chi connectivity index (χ1v) is 7.37. The fraction of sp³-hybridized carbons (Fsp3) is 0.933. The van der Waals surface area contributed by atoms with Crippen LogP contribution in [0, 0.1) is 17.8 Å². The van der Waals surface area contributed by atoms with Gasteiger partial charge in [-0.3, -0.25) is 0 Å². The van der Waals surface area contributed by atoms with Crippen LogP contribution in [0.25, 0.3) is 0 Å². The molecule has 0 N–H and O–H groups in total. The third kappa shape index (κ3) is 3.18. The summed E-state index contributed by atoms with van der Waals surface area (Å²) < 4.78 is 5.45. The summed E-state index contributed by atoms with van der Waals surface area (Å²) in [5, 5.41) is 0. The third-order valence-corrected chi connectivity index (χ3v) is 4.20. The van der Waals surface area contributed by atoms with Gasteiger partial charge in [0.05, 0.1) is 0 Å². The molecule has 2 fully saturated rings. The fourth-order valence-electron chi connectivity index (χ4n) is 3.54. The number of rotatable bonds is 2. The molecule has 0 radical (unpaired) electrons. The molecule has 0 aromatic carbocycles. The summed E-state index contributed by atoms with van der Waals surface area (Å²) in [5.74, 6) is 2.37. The van der Waals surface area contributed by atoms with Crippen LogP contribution in [0.2, 0.25) is 0 Å². The molecule has 18 heavy (non-hydrogen) atoms. The van der Waals surface area contributed by atoms with Gasteiger partial charge in [-0.1, -0.05) is 19.8 Å². The topological polar surface area (TPSA) is 29.5 Å². The van der Waals surface area contributed by atoms with Crippen molar-refractivity contribution in [2.75, 3.05) is 13.1 Å². The molecule has 2 aliphatic rings. The van der Waals surface area contributed by atoms with Crippen molar-refractivity contribution in [1.29, 1.82) is 0 Å². The molecule has 1 saturated heterocycles. The Kier molecular flexibility index (Phi) is 3.88. The maximum Gasteiger partial charge on any atom is 0.410 e. The second kappa shape index (κ2) is 5.10. The molecule has 0 bridgehead atoms. The standard InChI is InChI=1S/C15H27NO2/c1-5-6-11-7-12-9-16(10-13(12)8-11)14(17)18-15(2,3)4/h11-13H,5-10H2,1-4H3/t11-,12-,13+. The molecular formula is C15H27NO2. The number of amides is 1. The van der Waals surface area contributed by atoms with Crippen molar-refractivity contribution in [3.8, 4) is 0 Å². The number of hydrogen-bond acceptors (Lipinski definition) is 2. The van der Waals surface area contributed by atoms with E-state index >= 15 is 0 Å². The molecule has 3 atom stereocenters. The van der Waals surface area contributed by atoms with Crippen LogP contribution >= 0.6 is 0 Å². The van der Waals surface area contributed by atoms with E-state index in [1.165, 1.54) is 25.7 Å². The van der Waals surface area contributed by atoms with Gasteiger partial charge in [0.15, 0.2) is 0 Å². The van der Waals surface area contributed by atoms with Crippen LogP contribution in [-0.4, -0.2) is 29.7 Å². The van der Waals surface area contributed by atoms with E-state index in [1.54, 1.807) is 0 Å². The van der Waals surface area contributed by atoms with Crippen LogP contribution in [0.5, 0.6) is 0 Å². The van der Waals surface area contributed by atoms with E-state index in [2.05, 4.69) is 6.92 Å². The van der Waals surface area contributed by atoms with Crippen molar-refractivity contribution in [1.82, 2.24) is 4.90 Å². The van der Waals surface area contributed by atoms with Crippen molar-refractivity contribution in [2.24, 2.45) is 17.8 Å². The minimum absolute atomic E-state index is 0.121. The third-order valence-electron chi connectivity index (χ3n) is 4.20. The van der Waals surface area contributed by atoms with E-state index in [9.17, 15) is 4.79 Å². The average molecular weight is 253 g/mol. The van der Waals surface area contributed by atoms with Crippen LogP contribution in [-0.2, 0) is 4.74 Å². The van der Waals surface area contributed by atoms with Gasteiger partial charge in [0.1, 0.15) is 5.60 Å². The Morgan fingerprint density at radius 2 is 1.78 bits per heavy atom. The Morgan fingerprint density at radius 3 is 2.22 bits per heavy atom. The molecule has 0 aromatic heterocycles. The van der Waals surface area contributed by atoms with Gasteiger partial charge in [0.25, 0.3) is 0 Å². The average Bonchev–Trinajstić information content (AvgIpc) is 2.72. The van der Waals surface area contributed by atoms with E-state index in [-0.39, 0.29) is 11.7 Å². The van der Waals surface area contributed by atoms with Crippen LogP contribution in [0.4, 0.5) is 4.79 Å². The molecule has 3 nitrogen and oxygen atoms in total. The molecule has 2 rings (SSSR count). The zero-order valence-electron chi connectivity index (χ0n) is 12.2. The number of carbonyl (C=O) groups excluding carboxylic acids is 1. The Hall–Kier alpha value is -0.730. The molecule has 0 unspecified atom stereocenters. The fourth-order valence-corrected chi connectivity index (χ4v) is 3.54. The van der Waals surface area contributed by atoms with E-state index < -0.39 is 0 Å². The minimum Gasteiger partial charge on any atom is -0.444 e. The van der Waals surface area contributed by atoms with Gasteiger partial charge >= 0.3 is 6.09 Å². The highest BCUT2D eigenvalue weighted by Gasteiger charge is 2.42. The van der Waals surface area contributed by atoms with E-state index in [4.69, 9.17) is 4.74 Å². The van der Waals surface area contributed by atoms with Crippen LogP contribution in [0.3, 0.4) is 0 Å². The smallest absolute Gasteiger partial charge is 0.410 e. The predicted molar refractivity (Wildman–Crippen MR) is 72.4 cm³/mol. The number of carbonyl (C=O) groups is 1. The van der Waals surface area contributed by atoms with Crippen LogP contribution < -0.4 is 0 Å². The van der Waals surface area contributed by atoms with Crippen molar-refractivity contribution < 1.29 is 9.53 Å². The molecule has 3 heteroatoms. The number of ether oxygens (including phenoxy) is 1. The summed E-state index contributed by atoms with van der Waals surface area (Å²) in [7, 11) is 0. The van der Waals surface area contributed by atoms with E-state index in [0.29, 0.717) is 0 Å².